The van der Waals surface area contributed by atoms with E-state index in [1.165, 1.54) is 0 Å². The molecule has 3 aromatic rings. The minimum Gasteiger partial charge on any atom is -0.497 e. The van der Waals surface area contributed by atoms with Crippen molar-refractivity contribution >= 4 is 17.5 Å². The van der Waals surface area contributed by atoms with Crippen LogP contribution in [0.4, 0.5) is 5.69 Å². The molecule has 0 aliphatic heterocycles. The highest BCUT2D eigenvalue weighted by molar-refractivity contribution is 5.97. The predicted octanol–water partition coefficient (Wildman–Crippen LogP) is 5.65. The Hall–Kier alpha value is -3.80. The van der Waals surface area contributed by atoms with Crippen LogP contribution in [0.2, 0.25) is 0 Å². The lowest BCUT2D eigenvalue weighted by Gasteiger charge is -2.19. The second kappa shape index (κ2) is 13.0. The van der Waals surface area contributed by atoms with E-state index in [4.69, 9.17) is 9.47 Å². The molecule has 3 rings (SSSR count). The van der Waals surface area contributed by atoms with Gasteiger partial charge in [0.1, 0.15) is 24.1 Å². The summed E-state index contributed by atoms with van der Waals surface area (Å²) in [6, 6.07) is 23.4. The third-order valence-electron chi connectivity index (χ3n) is 5.39. The van der Waals surface area contributed by atoms with E-state index in [1.807, 2.05) is 54.6 Å². The average Bonchev–Trinajstić information content (AvgIpc) is 2.87. The highest BCUT2D eigenvalue weighted by atomic mass is 16.5. The highest BCUT2D eigenvalue weighted by Gasteiger charge is 2.23. The molecule has 2 amide bonds. The summed E-state index contributed by atoms with van der Waals surface area (Å²) in [4.78, 5) is 25.7. The molecule has 2 N–H and O–H groups in total. The number of benzene rings is 3. The maximum atomic E-state index is 13.1. The first-order valence-corrected chi connectivity index (χ1v) is 11.6. The molecule has 0 bridgehead atoms. The monoisotopic (exact) mass is 460 g/mol. The second-order valence-electron chi connectivity index (χ2n) is 8.02. The summed E-state index contributed by atoms with van der Waals surface area (Å²) in [6.45, 7) is 2.54. The Morgan fingerprint density at radius 2 is 1.53 bits per heavy atom. The first kappa shape index (κ1) is 24.8. The van der Waals surface area contributed by atoms with Crippen LogP contribution in [-0.2, 0) is 16.2 Å². The van der Waals surface area contributed by atoms with E-state index in [2.05, 4.69) is 17.6 Å². The van der Waals surface area contributed by atoms with Crippen molar-refractivity contribution in [3.63, 3.8) is 0 Å². The summed E-state index contributed by atoms with van der Waals surface area (Å²) in [5.41, 5.74) is 2.38. The van der Waals surface area contributed by atoms with Gasteiger partial charge >= 0.3 is 0 Å². The number of hydrogen-bond acceptors (Lipinski definition) is 4. The molecule has 0 saturated heterocycles. The molecule has 6 heteroatoms. The maximum Gasteiger partial charge on any atom is 0.251 e. The van der Waals surface area contributed by atoms with Crippen LogP contribution in [0.15, 0.2) is 78.9 Å². The van der Waals surface area contributed by atoms with Crippen molar-refractivity contribution in [2.45, 2.75) is 45.3 Å². The van der Waals surface area contributed by atoms with Gasteiger partial charge in [-0.05, 0) is 53.9 Å². The summed E-state index contributed by atoms with van der Waals surface area (Å²) >= 11 is 0. The van der Waals surface area contributed by atoms with Gasteiger partial charge in [-0.2, -0.15) is 0 Å². The summed E-state index contributed by atoms with van der Waals surface area (Å²) in [7, 11) is 1.59. The first-order valence-electron chi connectivity index (χ1n) is 11.6. The minimum atomic E-state index is -0.820. The topological polar surface area (TPSA) is 76.7 Å². The van der Waals surface area contributed by atoms with E-state index in [-0.39, 0.29) is 11.8 Å². The molecule has 0 unspecified atom stereocenters. The Morgan fingerprint density at radius 3 is 2.18 bits per heavy atom. The van der Waals surface area contributed by atoms with Crippen LogP contribution in [0.3, 0.4) is 0 Å². The molecule has 0 spiro atoms. The van der Waals surface area contributed by atoms with Gasteiger partial charge in [0.2, 0.25) is 5.91 Å². The number of hydrogen-bond donors (Lipinski definition) is 2. The standard InChI is InChI=1S/C28H32N2O4/c1-3-4-6-11-26(31)30-27(28(32)29-23-14-18-24(33-2)19-15-23)22-12-16-25(17-13-22)34-20-21-9-7-5-8-10-21/h5,7-10,12-19,27H,3-4,6,11,20H2,1-2H3,(H,29,32)(H,30,31)/t27-/m0/s1. The summed E-state index contributed by atoms with van der Waals surface area (Å²) in [5.74, 6) is 0.931. The van der Waals surface area contributed by atoms with Crippen LogP contribution in [-0.4, -0.2) is 18.9 Å². The number of nitrogens with one attached hydrogen (secondary N) is 2. The van der Waals surface area contributed by atoms with E-state index >= 15 is 0 Å². The zero-order valence-electron chi connectivity index (χ0n) is 19.8. The minimum absolute atomic E-state index is 0.146. The van der Waals surface area contributed by atoms with Gasteiger partial charge < -0.3 is 20.1 Å². The Bertz CT molecular complexity index is 1030. The largest absolute Gasteiger partial charge is 0.497 e. The Kier molecular flexibility index (Phi) is 9.52. The van der Waals surface area contributed by atoms with Gasteiger partial charge in [-0.3, -0.25) is 9.59 Å². The molecule has 0 aliphatic carbocycles. The molecule has 0 saturated carbocycles. The van der Waals surface area contributed by atoms with Crippen molar-refractivity contribution in [3.05, 3.63) is 90.0 Å². The third-order valence-corrected chi connectivity index (χ3v) is 5.39. The number of unbranched alkanes of at least 4 members (excludes halogenated alkanes) is 2. The maximum absolute atomic E-state index is 13.1. The van der Waals surface area contributed by atoms with E-state index in [0.29, 0.717) is 35.8 Å². The van der Waals surface area contributed by atoms with Crippen LogP contribution >= 0.6 is 0 Å². The molecule has 1 atom stereocenters. The van der Waals surface area contributed by atoms with Crippen LogP contribution in [0, 0.1) is 0 Å². The van der Waals surface area contributed by atoms with Gasteiger partial charge in [-0.15, -0.1) is 0 Å². The molecule has 0 heterocycles. The SMILES string of the molecule is CCCCCC(=O)N[C@H](C(=O)Nc1ccc(OC)cc1)c1ccc(OCc2ccccc2)cc1. The fourth-order valence-corrected chi connectivity index (χ4v) is 3.46. The van der Waals surface area contributed by atoms with E-state index in [9.17, 15) is 9.59 Å². The third kappa shape index (κ3) is 7.66. The van der Waals surface area contributed by atoms with Crippen molar-refractivity contribution in [2.24, 2.45) is 0 Å². The summed E-state index contributed by atoms with van der Waals surface area (Å²) < 4.78 is 11.0. The first-order chi connectivity index (χ1) is 16.6. The number of amides is 2. The number of ether oxygens (including phenoxy) is 2. The van der Waals surface area contributed by atoms with Crippen LogP contribution in [0.5, 0.6) is 11.5 Å². The Balaban J connectivity index is 1.70. The van der Waals surface area contributed by atoms with Crippen molar-refractivity contribution in [1.29, 1.82) is 0 Å². The van der Waals surface area contributed by atoms with Crippen LogP contribution in [0.25, 0.3) is 0 Å². The van der Waals surface area contributed by atoms with Crippen molar-refractivity contribution in [2.75, 3.05) is 12.4 Å². The van der Waals surface area contributed by atoms with E-state index in [1.54, 1.807) is 31.4 Å². The van der Waals surface area contributed by atoms with Gasteiger partial charge in [0.05, 0.1) is 7.11 Å². The quantitative estimate of drug-likeness (QED) is 0.343. The number of carbonyl (C=O) groups excluding carboxylic acids is 2. The fourth-order valence-electron chi connectivity index (χ4n) is 3.46. The van der Waals surface area contributed by atoms with Gasteiger partial charge in [-0.25, -0.2) is 0 Å². The van der Waals surface area contributed by atoms with Crippen LogP contribution < -0.4 is 20.1 Å². The molecular weight excluding hydrogens is 428 g/mol. The Labute approximate surface area is 201 Å². The van der Waals surface area contributed by atoms with Gasteiger partial charge in [-0.1, -0.05) is 62.2 Å². The normalized spacial score (nSPS) is 11.4. The number of anilines is 1. The smallest absolute Gasteiger partial charge is 0.251 e. The molecule has 3 aromatic carbocycles. The summed E-state index contributed by atoms with van der Waals surface area (Å²) in [5, 5.41) is 5.78. The predicted molar refractivity (Wildman–Crippen MR) is 134 cm³/mol. The molecule has 6 nitrogen and oxygen atoms in total. The van der Waals surface area contributed by atoms with Crippen molar-refractivity contribution in [1.82, 2.24) is 5.32 Å². The van der Waals surface area contributed by atoms with Gasteiger partial charge in [0.15, 0.2) is 0 Å². The van der Waals surface area contributed by atoms with Crippen molar-refractivity contribution in [3.8, 4) is 11.5 Å². The lowest BCUT2D eigenvalue weighted by molar-refractivity contribution is -0.126. The zero-order chi connectivity index (χ0) is 24.2. The highest BCUT2D eigenvalue weighted by Crippen LogP contribution is 2.22. The van der Waals surface area contributed by atoms with Crippen molar-refractivity contribution < 1.29 is 19.1 Å². The number of carbonyl (C=O) groups is 2. The van der Waals surface area contributed by atoms with Crippen LogP contribution in [0.1, 0.15) is 49.8 Å². The molecule has 0 aliphatic rings. The fraction of sp³-hybridized carbons (Fsp3) is 0.286. The van der Waals surface area contributed by atoms with E-state index in [0.717, 1.165) is 24.8 Å². The lowest BCUT2D eigenvalue weighted by Crippen LogP contribution is -2.36. The number of rotatable bonds is 12. The molecule has 34 heavy (non-hydrogen) atoms. The zero-order valence-corrected chi connectivity index (χ0v) is 19.8. The molecule has 0 fully saturated rings. The lowest BCUT2D eigenvalue weighted by atomic mass is 10.0. The van der Waals surface area contributed by atoms with Gasteiger partial charge in [0, 0.05) is 12.1 Å². The van der Waals surface area contributed by atoms with E-state index < -0.39 is 6.04 Å². The summed E-state index contributed by atoms with van der Waals surface area (Å²) in [6.07, 6.45) is 3.18. The molecule has 0 aromatic heterocycles. The molecular formula is C28H32N2O4. The molecule has 178 valence electrons. The molecule has 0 radical (unpaired) electrons. The average molecular weight is 461 g/mol. The second-order valence-corrected chi connectivity index (χ2v) is 8.02. The number of methoxy groups -OCH3 is 1. The Morgan fingerprint density at radius 1 is 0.853 bits per heavy atom. The van der Waals surface area contributed by atoms with Gasteiger partial charge in [0.25, 0.3) is 5.91 Å².